The maximum absolute atomic E-state index is 9.07. The average Bonchev–Trinajstić information content (AvgIpc) is 2.27. The summed E-state index contributed by atoms with van der Waals surface area (Å²) in [6.07, 6.45) is 2.35. The molecular formula is C11H24N2O2. The lowest BCUT2D eigenvalue weighted by Gasteiger charge is -2.29. The van der Waals surface area contributed by atoms with Gasteiger partial charge in [-0.1, -0.05) is 0 Å². The van der Waals surface area contributed by atoms with Gasteiger partial charge in [0, 0.05) is 32.3 Å². The fourth-order valence-electron chi connectivity index (χ4n) is 2.06. The molecule has 0 aliphatic carbocycles. The van der Waals surface area contributed by atoms with Gasteiger partial charge in [0.25, 0.3) is 0 Å². The topological polar surface area (TPSA) is 44.7 Å². The molecule has 90 valence electrons. The van der Waals surface area contributed by atoms with E-state index in [-0.39, 0.29) is 12.6 Å². The van der Waals surface area contributed by atoms with Gasteiger partial charge >= 0.3 is 0 Å². The third-order valence-corrected chi connectivity index (χ3v) is 3.07. The van der Waals surface area contributed by atoms with Crippen LogP contribution in [0, 0.1) is 5.92 Å². The number of aliphatic hydroxyl groups is 1. The number of hydrogen-bond donors (Lipinski definition) is 2. The fraction of sp³-hybridized carbons (Fsp3) is 1.00. The number of rotatable bonds is 6. The van der Waals surface area contributed by atoms with Gasteiger partial charge in [0.2, 0.25) is 0 Å². The molecular weight excluding hydrogens is 192 g/mol. The lowest BCUT2D eigenvalue weighted by atomic mass is 10.00. The van der Waals surface area contributed by atoms with Crippen LogP contribution in [-0.2, 0) is 4.74 Å². The molecule has 15 heavy (non-hydrogen) atoms. The highest BCUT2D eigenvalue weighted by Crippen LogP contribution is 2.15. The molecule has 1 saturated heterocycles. The van der Waals surface area contributed by atoms with E-state index in [4.69, 9.17) is 9.84 Å². The summed E-state index contributed by atoms with van der Waals surface area (Å²) >= 11 is 0. The quantitative estimate of drug-likeness (QED) is 0.652. The standard InChI is InChI=1S/C11H24N2O2/c1-12-11(9-14)8-13(2)7-10-3-5-15-6-4-10/h10-12,14H,3-9H2,1-2H3. The molecule has 1 heterocycles. The van der Waals surface area contributed by atoms with E-state index in [1.54, 1.807) is 0 Å². The fourth-order valence-corrected chi connectivity index (χ4v) is 2.06. The number of likely N-dealkylation sites (N-methyl/N-ethyl adjacent to an activating group) is 2. The zero-order valence-electron chi connectivity index (χ0n) is 9.91. The van der Waals surface area contributed by atoms with Crippen LogP contribution < -0.4 is 5.32 Å². The highest BCUT2D eigenvalue weighted by atomic mass is 16.5. The van der Waals surface area contributed by atoms with Gasteiger partial charge in [-0.15, -0.1) is 0 Å². The lowest BCUT2D eigenvalue weighted by Crippen LogP contribution is -2.42. The smallest absolute Gasteiger partial charge is 0.0597 e. The highest BCUT2D eigenvalue weighted by Gasteiger charge is 2.17. The maximum Gasteiger partial charge on any atom is 0.0597 e. The Bertz CT molecular complexity index is 157. The zero-order valence-corrected chi connectivity index (χ0v) is 9.91. The molecule has 0 saturated carbocycles. The number of aliphatic hydroxyl groups excluding tert-OH is 1. The van der Waals surface area contributed by atoms with E-state index in [0.717, 1.165) is 32.2 Å². The Kier molecular flexibility index (Phi) is 6.17. The lowest BCUT2D eigenvalue weighted by molar-refractivity contribution is 0.0538. The van der Waals surface area contributed by atoms with Crippen molar-refractivity contribution in [1.29, 1.82) is 0 Å². The molecule has 1 atom stereocenters. The number of nitrogens with one attached hydrogen (secondary N) is 1. The molecule has 0 aromatic carbocycles. The summed E-state index contributed by atoms with van der Waals surface area (Å²) in [7, 11) is 4.01. The van der Waals surface area contributed by atoms with Crippen molar-refractivity contribution in [3.8, 4) is 0 Å². The Labute approximate surface area is 92.6 Å². The molecule has 0 bridgehead atoms. The Morgan fingerprint density at radius 3 is 2.67 bits per heavy atom. The third-order valence-electron chi connectivity index (χ3n) is 3.07. The summed E-state index contributed by atoms with van der Waals surface area (Å²) in [6, 6.07) is 0.190. The SMILES string of the molecule is CNC(CO)CN(C)CC1CCOCC1. The van der Waals surface area contributed by atoms with E-state index in [2.05, 4.69) is 17.3 Å². The van der Waals surface area contributed by atoms with Crippen molar-refractivity contribution in [1.82, 2.24) is 10.2 Å². The van der Waals surface area contributed by atoms with Crippen molar-refractivity contribution < 1.29 is 9.84 Å². The summed E-state index contributed by atoms with van der Waals surface area (Å²) < 4.78 is 5.33. The third kappa shape index (κ3) is 4.93. The van der Waals surface area contributed by atoms with Gasteiger partial charge in [0.05, 0.1) is 6.61 Å². The first-order chi connectivity index (χ1) is 7.26. The summed E-state index contributed by atoms with van der Waals surface area (Å²) in [5.41, 5.74) is 0. The van der Waals surface area contributed by atoms with Crippen LogP contribution in [0.3, 0.4) is 0 Å². The zero-order chi connectivity index (χ0) is 11.1. The van der Waals surface area contributed by atoms with Gasteiger partial charge in [0.1, 0.15) is 0 Å². The van der Waals surface area contributed by atoms with Crippen LogP contribution in [0.5, 0.6) is 0 Å². The molecule has 1 aliphatic heterocycles. The molecule has 0 aromatic heterocycles. The molecule has 1 fully saturated rings. The molecule has 1 rings (SSSR count). The second kappa shape index (κ2) is 7.17. The molecule has 0 aromatic rings. The number of ether oxygens (including phenoxy) is 1. The molecule has 0 amide bonds. The molecule has 2 N–H and O–H groups in total. The minimum absolute atomic E-state index is 0.190. The number of hydrogen-bond acceptors (Lipinski definition) is 4. The van der Waals surface area contributed by atoms with Crippen molar-refractivity contribution >= 4 is 0 Å². The minimum Gasteiger partial charge on any atom is -0.395 e. The van der Waals surface area contributed by atoms with Crippen LogP contribution in [0.25, 0.3) is 0 Å². The van der Waals surface area contributed by atoms with E-state index in [9.17, 15) is 0 Å². The minimum atomic E-state index is 0.190. The van der Waals surface area contributed by atoms with Crippen molar-refractivity contribution in [3.05, 3.63) is 0 Å². The first-order valence-electron chi connectivity index (χ1n) is 5.80. The summed E-state index contributed by atoms with van der Waals surface area (Å²) in [6.45, 7) is 4.04. The van der Waals surface area contributed by atoms with E-state index in [1.807, 2.05) is 7.05 Å². The largest absolute Gasteiger partial charge is 0.395 e. The summed E-state index contributed by atoms with van der Waals surface area (Å²) in [5.74, 6) is 0.764. The molecule has 0 spiro atoms. The van der Waals surface area contributed by atoms with Gasteiger partial charge < -0.3 is 20.1 Å². The first-order valence-corrected chi connectivity index (χ1v) is 5.80. The van der Waals surface area contributed by atoms with Crippen molar-refractivity contribution in [2.24, 2.45) is 5.92 Å². The molecule has 4 heteroatoms. The van der Waals surface area contributed by atoms with Gasteiger partial charge in [-0.25, -0.2) is 0 Å². The first kappa shape index (κ1) is 12.9. The van der Waals surface area contributed by atoms with Gasteiger partial charge in [0.15, 0.2) is 0 Å². The Morgan fingerprint density at radius 2 is 2.13 bits per heavy atom. The van der Waals surface area contributed by atoms with Crippen LogP contribution in [0.2, 0.25) is 0 Å². The van der Waals surface area contributed by atoms with E-state index in [0.29, 0.717) is 0 Å². The molecule has 1 aliphatic rings. The van der Waals surface area contributed by atoms with Crippen LogP contribution >= 0.6 is 0 Å². The molecule has 4 nitrogen and oxygen atoms in total. The van der Waals surface area contributed by atoms with Gasteiger partial charge in [-0.2, -0.15) is 0 Å². The Morgan fingerprint density at radius 1 is 1.47 bits per heavy atom. The Hall–Kier alpha value is -0.160. The second-order valence-corrected chi connectivity index (χ2v) is 4.45. The highest BCUT2D eigenvalue weighted by molar-refractivity contribution is 4.71. The average molecular weight is 216 g/mol. The molecule has 0 radical (unpaired) electrons. The predicted octanol–water partition coefficient (Wildman–Crippen LogP) is -0.0749. The van der Waals surface area contributed by atoms with Crippen LogP contribution in [-0.4, -0.2) is 63.1 Å². The molecule has 1 unspecified atom stereocenters. The van der Waals surface area contributed by atoms with Crippen LogP contribution in [0.4, 0.5) is 0 Å². The number of nitrogens with zero attached hydrogens (tertiary/aromatic N) is 1. The van der Waals surface area contributed by atoms with E-state index < -0.39 is 0 Å². The van der Waals surface area contributed by atoms with Gasteiger partial charge in [-0.3, -0.25) is 0 Å². The van der Waals surface area contributed by atoms with Crippen LogP contribution in [0.1, 0.15) is 12.8 Å². The van der Waals surface area contributed by atoms with Crippen LogP contribution in [0.15, 0.2) is 0 Å². The summed E-state index contributed by atoms with van der Waals surface area (Å²) in [4.78, 5) is 2.30. The van der Waals surface area contributed by atoms with E-state index in [1.165, 1.54) is 12.8 Å². The maximum atomic E-state index is 9.07. The van der Waals surface area contributed by atoms with Crippen molar-refractivity contribution in [2.75, 3.05) is 47.0 Å². The summed E-state index contributed by atoms with van der Waals surface area (Å²) in [5, 5.41) is 12.2. The van der Waals surface area contributed by atoms with Crippen molar-refractivity contribution in [3.63, 3.8) is 0 Å². The monoisotopic (exact) mass is 216 g/mol. The van der Waals surface area contributed by atoms with Crippen molar-refractivity contribution in [2.45, 2.75) is 18.9 Å². The normalized spacial score (nSPS) is 20.8. The van der Waals surface area contributed by atoms with Gasteiger partial charge in [-0.05, 0) is 32.9 Å². The Balaban J connectivity index is 2.18. The second-order valence-electron chi connectivity index (χ2n) is 4.45. The van der Waals surface area contributed by atoms with E-state index >= 15 is 0 Å². The predicted molar refractivity (Wildman–Crippen MR) is 61.0 cm³/mol.